The summed E-state index contributed by atoms with van der Waals surface area (Å²) >= 11 is 1.63. The van der Waals surface area contributed by atoms with E-state index < -0.39 is 10.0 Å². The first kappa shape index (κ1) is 20.2. The summed E-state index contributed by atoms with van der Waals surface area (Å²) in [5.41, 5.74) is 1.73. The molecule has 8 heteroatoms. The minimum absolute atomic E-state index is 0.0661. The van der Waals surface area contributed by atoms with E-state index in [-0.39, 0.29) is 10.8 Å². The summed E-state index contributed by atoms with van der Waals surface area (Å²) in [5.74, 6) is 0.681. The highest BCUT2D eigenvalue weighted by Gasteiger charge is 2.15. The number of hydrogen-bond donors (Lipinski definition) is 2. The molecular weight excluding hydrogens is 396 g/mol. The molecule has 3 N–H and O–H groups in total. The number of carbonyl (C=O) groups is 1. The van der Waals surface area contributed by atoms with E-state index in [0.29, 0.717) is 24.5 Å². The lowest BCUT2D eigenvalue weighted by Gasteiger charge is -2.06. The molecule has 3 rings (SSSR count). The minimum atomic E-state index is -3.70. The Morgan fingerprint density at radius 1 is 1.04 bits per heavy atom. The Kier molecular flexibility index (Phi) is 6.56. The second kappa shape index (κ2) is 9.09. The number of furan rings is 1. The van der Waals surface area contributed by atoms with Crippen LogP contribution in [-0.2, 0) is 22.2 Å². The van der Waals surface area contributed by atoms with Gasteiger partial charge in [0, 0.05) is 22.8 Å². The van der Waals surface area contributed by atoms with E-state index >= 15 is 0 Å². The third-order valence-corrected chi connectivity index (χ3v) is 6.03. The molecule has 1 aromatic heterocycles. The molecule has 0 bridgehead atoms. The Morgan fingerprint density at radius 2 is 1.75 bits per heavy atom. The molecule has 0 aliphatic rings. The van der Waals surface area contributed by atoms with Crippen molar-refractivity contribution in [2.45, 2.75) is 22.0 Å². The number of nitrogens with one attached hydrogen (secondary N) is 1. The number of hydrogen-bond acceptors (Lipinski definition) is 5. The molecule has 28 heavy (non-hydrogen) atoms. The minimum Gasteiger partial charge on any atom is -0.459 e. The Balaban J connectivity index is 1.52. The smallest absolute Gasteiger partial charge is 0.287 e. The van der Waals surface area contributed by atoms with Crippen LogP contribution >= 0.6 is 11.8 Å². The number of thioether (sulfide) groups is 1. The van der Waals surface area contributed by atoms with E-state index in [0.717, 1.165) is 16.0 Å². The van der Waals surface area contributed by atoms with Gasteiger partial charge in [-0.2, -0.15) is 0 Å². The van der Waals surface area contributed by atoms with Crippen molar-refractivity contribution in [1.82, 2.24) is 5.32 Å². The van der Waals surface area contributed by atoms with E-state index in [4.69, 9.17) is 9.56 Å². The summed E-state index contributed by atoms with van der Waals surface area (Å²) in [6, 6.07) is 18.0. The molecule has 0 spiro atoms. The first-order valence-electron chi connectivity index (χ1n) is 8.57. The van der Waals surface area contributed by atoms with Crippen LogP contribution in [0.2, 0.25) is 0 Å². The first-order chi connectivity index (χ1) is 13.4. The molecule has 0 radical (unpaired) electrons. The first-order valence-corrected chi connectivity index (χ1v) is 11.1. The van der Waals surface area contributed by atoms with Gasteiger partial charge in [0.15, 0.2) is 5.76 Å². The van der Waals surface area contributed by atoms with Crippen molar-refractivity contribution in [3.8, 4) is 0 Å². The van der Waals surface area contributed by atoms with Crippen LogP contribution in [0.15, 0.2) is 81.1 Å². The van der Waals surface area contributed by atoms with Crippen LogP contribution in [0.1, 0.15) is 21.7 Å². The Bertz CT molecular complexity index is 1030. The molecule has 1 amide bonds. The molecule has 0 unspecified atom stereocenters. The second-order valence-corrected chi connectivity index (χ2v) is 8.68. The van der Waals surface area contributed by atoms with E-state index in [9.17, 15) is 13.2 Å². The molecule has 0 saturated heterocycles. The Hall–Kier alpha value is -2.55. The fourth-order valence-electron chi connectivity index (χ4n) is 2.57. The molecule has 0 fully saturated rings. The monoisotopic (exact) mass is 416 g/mol. The molecule has 6 nitrogen and oxygen atoms in total. The largest absolute Gasteiger partial charge is 0.459 e. The molecular formula is C20H20N2O4S2. The molecule has 146 valence electrons. The maximum absolute atomic E-state index is 12.4. The molecule has 2 aromatic carbocycles. The molecule has 0 aliphatic heterocycles. The van der Waals surface area contributed by atoms with Crippen molar-refractivity contribution in [3.05, 3.63) is 83.8 Å². The predicted octanol–water partition coefficient (Wildman–Crippen LogP) is 3.19. The zero-order valence-electron chi connectivity index (χ0n) is 15.0. The number of benzene rings is 2. The van der Waals surface area contributed by atoms with E-state index in [2.05, 4.69) is 5.32 Å². The predicted molar refractivity (Wildman–Crippen MR) is 109 cm³/mol. The van der Waals surface area contributed by atoms with Crippen molar-refractivity contribution in [2.24, 2.45) is 5.14 Å². The quantitative estimate of drug-likeness (QED) is 0.549. The van der Waals surface area contributed by atoms with Gasteiger partial charge in [-0.25, -0.2) is 13.6 Å². The van der Waals surface area contributed by atoms with Gasteiger partial charge in [0.25, 0.3) is 5.91 Å². The summed E-state index contributed by atoms with van der Waals surface area (Å²) in [6.45, 7) is 0.402. The lowest BCUT2D eigenvalue weighted by molar-refractivity contribution is 0.0925. The van der Waals surface area contributed by atoms with Gasteiger partial charge in [0.2, 0.25) is 10.0 Å². The topological polar surface area (TPSA) is 102 Å². The van der Waals surface area contributed by atoms with Crippen molar-refractivity contribution >= 4 is 27.7 Å². The van der Waals surface area contributed by atoms with E-state index in [1.54, 1.807) is 30.0 Å². The number of amides is 1. The fourth-order valence-corrected chi connectivity index (χ4v) is 3.99. The summed E-state index contributed by atoms with van der Waals surface area (Å²) in [4.78, 5) is 13.6. The third kappa shape index (κ3) is 5.48. The number of rotatable bonds is 8. The molecule has 3 aromatic rings. The van der Waals surface area contributed by atoms with Crippen LogP contribution in [0.5, 0.6) is 0 Å². The van der Waals surface area contributed by atoms with Crippen molar-refractivity contribution in [2.75, 3.05) is 6.54 Å². The van der Waals surface area contributed by atoms with E-state index in [1.807, 2.05) is 30.3 Å². The van der Waals surface area contributed by atoms with Crippen LogP contribution < -0.4 is 10.5 Å². The highest BCUT2D eigenvalue weighted by Crippen LogP contribution is 2.24. The van der Waals surface area contributed by atoms with E-state index in [1.165, 1.54) is 18.4 Å². The van der Waals surface area contributed by atoms with Gasteiger partial charge in [-0.3, -0.25) is 4.79 Å². The Morgan fingerprint density at radius 3 is 2.43 bits per heavy atom. The lowest BCUT2D eigenvalue weighted by atomic mass is 10.1. The molecule has 0 aliphatic carbocycles. The lowest BCUT2D eigenvalue weighted by Crippen LogP contribution is -2.26. The van der Waals surface area contributed by atoms with Crippen LogP contribution in [-0.4, -0.2) is 20.9 Å². The van der Waals surface area contributed by atoms with Crippen molar-refractivity contribution < 1.29 is 17.6 Å². The summed E-state index contributed by atoms with van der Waals surface area (Å²) in [7, 11) is -3.70. The summed E-state index contributed by atoms with van der Waals surface area (Å²) < 4.78 is 27.9. The van der Waals surface area contributed by atoms with Gasteiger partial charge in [0.1, 0.15) is 0 Å². The fraction of sp³-hybridized carbons (Fsp3) is 0.150. The number of sulfonamides is 1. The number of nitrogens with two attached hydrogens (primary N) is 1. The highest BCUT2D eigenvalue weighted by atomic mass is 32.2. The average molecular weight is 417 g/mol. The number of carbonyl (C=O) groups excluding carboxylic acids is 1. The van der Waals surface area contributed by atoms with Crippen LogP contribution in [0.25, 0.3) is 0 Å². The normalized spacial score (nSPS) is 11.3. The van der Waals surface area contributed by atoms with Crippen LogP contribution in [0, 0.1) is 0 Å². The molecule has 0 atom stereocenters. The average Bonchev–Trinajstić information content (AvgIpc) is 3.15. The third-order valence-electron chi connectivity index (χ3n) is 4.04. The highest BCUT2D eigenvalue weighted by molar-refractivity contribution is 7.98. The van der Waals surface area contributed by atoms with Crippen LogP contribution in [0.3, 0.4) is 0 Å². The van der Waals surface area contributed by atoms with Gasteiger partial charge < -0.3 is 9.73 Å². The Labute approximate surface area is 168 Å². The second-order valence-electron chi connectivity index (χ2n) is 6.07. The summed E-state index contributed by atoms with van der Waals surface area (Å²) in [5, 5.41) is 7.91. The maximum atomic E-state index is 12.4. The van der Waals surface area contributed by atoms with Gasteiger partial charge in [0.05, 0.1) is 11.2 Å². The zero-order valence-corrected chi connectivity index (χ0v) is 16.6. The van der Waals surface area contributed by atoms with Gasteiger partial charge in [-0.15, -0.1) is 11.8 Å². The zero-order chi connectivity index (χ0) is 20.0. The summed E-state index contributed by atoms with van der Waals surface area (Å²) in [6.07, 6.45) is 2.08. The number of primary sulfonamides is 1. The van der Waals surface area contributed by atoms with Gasteiger partial charge >= 0.3 is 0 Å². The SMILES string of the molecule is NS(=O)(=O)c1ccc(CCNC(=O)c2occc2CSc2ccccc2)cc1. The molecule has 1 heterocycles. The maximum Gasteiger partial charge on any atom is 0.287 e. The standard InChI is InChI=1S/C20H20N2O4S2/c21-28(24,25)18-8-6-15(7-9-18)10-12-22-20(23)19-16(11-13-26-19)14-27-17-4-2-1-3-5-17/h1-9,11,13H,10,12,14H2,(H,22,23)(H2,21,24,25). The van der Waals surface area contributed by atoms with Gasteiger partial charge in [-0.1, -0.05) is 30.3 Å². The van der Waals surface area contributed by atoms with Crippen molar-refractivity contribution in [1.29, 1.82) is 0 Å². The van der Waals surface area contributed by atoms with Crippen LogP contribution in [0.4, 0.5) is 0 Å². The van der Waals surface area contributed by atoms with Gasteiger partial charge in [-0.05, 0) is 42.3 Å². The van der Waals surface area contributed by atoms with Crippen molar-refractivity contribution in [3.63, 3.8) is 0 Å². The molecule has 0 saturated carbocycles.